The number of carbonyl (C=O) groups excluding carboxylic acids is 2. The summed E-state index contributed by atoms with van der Waals surface area (Å²) < 4.78 is 26.8. The molecule has 2 aromatic carbocycles. The van der Waals surface area contributed by atoms with Crippen molar-refractivity contribution in [1.82, 2.24) is 4.90 Å². The molecule has 1 atom stereocenters. The summed E-state index contributed by atoms with van der Waals surface area (Å²) in [7, 11) is 0. The van der Waals surface area contributed by atoms with Crippen LogP contribution in [0, 0.1) is 0 Å². The van der Waals surface area contributed by atoms with Gasteiger partial charge in [0.2, 0.25) is 13.6 Å². The van der Waals surface area contributed by atoms with E-state index in [0.717, 1.165) is 11.1 Å². The van der Waals surface area contributed by atoms with Gasteiger partial charge in [-0.15, -0.1) is 0 Å². The average Bonchev–Trinajstić information content (AvgIpc) is 3.46. The smallest absolute Gasteiger partial charge is 0.306 e. The fourth-order valence-electron chi connectivity index (χ4n) is 3.63. The van der Waals surface area contributed by atoms with Gasteiger partial charge in [0.25, 0.3) is 5.91 Å². The molecule has 3 aliphatic heterocycles. The van der Waals surface area contributed by atoms with Gasteiger partial charge in [0.05, 0.1) is 0 Å². The quantitative estimate of drug-likeness (QED) is 0.717. The summed E-state index contributed by atoms with van der Waals surface area (Å²) >= 11 is 0. The first-order valence-corrected chi connectivity index (χ1v) is 9.41. The van der Waals surface area contributed by atoms with E-state index in [9.17, 15) is 9.59 Å². The number of amides is 1. The first-order chi connectivity index (χ1) is 14.2. The molecular formula is C21H19NO7. The number of nitrogens with zero attached hydrogens (tertiary/aromatic N) is 1. The standard InChI is InChI=1S/C21H19NO7/c23-20-6-5-17(29-20)21(24)22(9-13-1-3-15-18(7-13)27-11-25-15)10-14-2-4-16-19(8-14)28-12-26-16/h1-4,7-8,17H,5-6,9-12H2. The molecule has 150 valence electrons. The highest BCUT2D eigenvalue weighted by molar-refractivity contribution is 5.86. The van der Waals surface area contributed by atoms with Crippen LogP contribution in [0.25, 0.3) is 0 Å². The van der Waals surface area contributed by atoms with Gasteiger partial charge in [0.1, 0.15) is 0 Å². The second-order valence-electron chi connectivity index (χ2n) is 7.09. The van der Waals surface area contributed by atoms with Crippen molar-refractivity contribution in [2.45, 2.75) is 32.0 Å². The Kier molecular flexibility index (Phi) is 4.38. The highest BCUT2D eigenvalue weighted by Gasteiger charge is 2.33. The molecule has 0 bridgehead atoms. The van der Waals surface area contributed by atoms with Crippen molar-refractivity contribution in [2.75, 3.05) is 13.6 Å². The molecule has 1 unspecified atom stereocenters. The van der Waals surface area contributed by atoms with E-state index in [1.807, 2.05) is 36.4 Å². The van der Waals surface area contributed by atoms with Crippen LogP contribution in [0.5, 0.6) is 23.0 Å². The number of carbonyl (C=O) groups is 2. The number of ether oxygens (including phenoxy) is 5. The zero-order valence-corrected chi connectivity index (χ0v) is 15.6. The van der Waals surface area contributed by atoms with E-state index in [2.05, 4.69) is 0 Å². The molecule has 3 aliphatic rings. The minimum atomic E-state index is -0.745. The molecule has 1 saturated heterocycles. The van der Waals surface area contributed by atoms with Gasteiger partial charge in [-0.3, -0.25) is 9.59 Å². The zero-order valence-electron chi connectivity index (χ0n) is 15.6. The summed E-state index contributed by atoms with van der Waals surface area (Å²) in [6, 6.07) is 11.2. The SMILES string of the molecule is O=C1CCC(C(=O)N(Cc2ccc3c(c2)OCO3)Cc2ccc3c(c2)OCO3)O1. The Labute approximate surface area is 166 Å². The lowest BCUT2D eigenvalue weighted by molar-refractivity contribution is -0.153. The van der Waals surface area contributed by atoms with Crippen LogP contribution in [0.4, 0.5) is 0 Å². The first-order valence-electron chi connectivity index (χ1n) is 9.41. The molecule has 0 saturated carbocycles. The van der Waals surface area contributed by atoms with Crippen LogP contribution < -0.4 is 18.9 Å². The van der Waals surface area contributed by atoms with Crippen molar-refractivity contribution in [2.24, 2.45) is 0 Å². The normalized spacial score (nSPS) is 18.6. The van der Waals surface area contributed by atoms with Crippen LogP contribution in [0.2, 0.25) is 0 Å². The van der Waals surface area contributed by atoms with Crippen LogP contribution in [-0.4, -0.2) is 36.5 Å². The van der Waals surface area contributed by atoms with E-state index in [1.54, 1.807) is 4.90 Å². The van der Waals surface area contributed by atoms with Gasteiger partial charge >= 0.3 is 5.97 Å². The number of benzene rings is 2. The molecule has 8 heteroatoms. The topological polar surface area (TPSA) is 83.5 Å². The summed E-state index contributed by atoms with van der Waals surface area (Å²) in [6.07, 6.45) is -0.0834. The molecule has 5 rings (SSSR count). The summed E-state index contributed by atoms with van der Waals surface area (Å²) in [5.41, 5.74) is 1.79. The number of fused-ring (bicyclic) bond motifs is 2. The molecular weight excluding hydrogens is 378 g/mol. The van der Waals surface area contributed by atoms with Gasteiger partial charge < -0.3 is 28.6 Å². The second-order valence-corrected chi connectivity index (χ2v) is 7.09. The van der Waals surface area contributed by atoms with Gasteiger partial charge in [-0.25, -0.2) is 0 Å². The highest BCUT2D eigenvalue weighted by Crippen LogP contribution is 2.35. The molecule has 2 aromatic rings. The number of rotatable bonds is 5. The third-order valence-electron chi connectivity index (χ3n) is 5.09. The molecule has 0 N–H and O–H groups in total. The monoisotopic (exact) mass is 397 g/mol. The average molecular weight is 397 g/mol. The molecule has 0 spiro atoms. The van der Waals surface area contributed by atoms with Crippen LogP contribution in [0.3, 0.4) is 0 Å². The molecule has 0 radical (unpaired) electrons. The Bertz CT molecular complexity index is 914. The van der Waals surface area contributed by atoms with Gasteiger partial charge in [-0.1, -0.05) is 12.1 Å². The highest BCUT2D eigenvalue weighted by atomic mass is 16.7. The van der Waals surface area contributed by atoms with E-state index in [0.29, 0.717) is 42.5 Å². The summed E-state index contributed by atoms with van der Waals surface area (Å²) in [6.45, 7) is 1.07. The zero-order chi connectivity index (χ0) is 19.8. The lowest BCUT2D eigenvalue weighted by atomic mass is 10.1. The third kappa shape index (κ3) is 3.53. The maximum absolute atomic E-state index is 13.1. The molecule has 3 heterocycles. The lowest BCUT2D eigenvalue weighted by Gasteiger charge is -2.25. The maximum Gasteiger partial charge on any atom is 0.306 e. The predicted octanol–water partition coefficient (Wildman–Crippen LogP) is 2.38. The number of hydrogen-bond donors (Lipinski definition) is 0. The van der Waals surface area contributed by atoms with Gasteiger partial charge in [-0.05, 0) is 35.4 Å². The Morgan fingerprint density at radius 1 is 0.862 bits per heavy atom. The maximum atomic E-state index is 13.1. The lowest BCUT2D eigenvalue weighted by Crippen LogP contribution is -2.38. The minimum absolute atomic E-state index is 0.191. The van der Waals surface area contributed by atoms with E-state index < -0.39 is 6.10 Å². The minimum Gasteiger partial charge on any atom is -0.454 e. The first kappa shape index (κ1) is 17.7. The third-order valence-corrected chi connectivity index (χ3v) is 5.09. The Hall–Kier alpha value is -3.42. The number of cyclic esters (lactones) is 1. The van der Waals surface area contributed by atoms with Crippen molar-refractivity contribution >= 4 is 11.9 Å². The summed E-state index contributed by atoms with van der Waals surface area (Å²) in [5, 5.41) is 0. The largest absolute Gasteiger partial charge is 0.454 e. The molecule has 0 aromatic heterocycles. The van der Waals surface area contributed by atoms with E-state index in [-0.39, 0.29) is 31.9 Å². The van der Waals surface area contributed by atoms with Gasteiger partial charge in [0.15, 0.2) is 29.1 Å². The fraction of sp³-hybridized carbons (Fsp3) is 0.333. The summed E-state index contributed by atoms with van der Waals surface area (Å²) in [4.78, 5) is 26.3. The molecule has 1 amide bonds. The van der Waals surface area contributed by atoms with Crippen molar-refractivity contribution in [3.63, 3.8) is 0 Å². The second kappa shape index (κ2) is 7.20. The van der Waals surface area contributed by atoms with Crippen molar-refractivity contribution in [1.29, 1.82) is 0 Å². The molecule has 8 nitrogen and oxygen atoms in total. The fourth-order valence-corrected chi connectivity index (χ4v) is 3.63. The summed E-state index contributed by atoms with van der Waals surface area (Å²) in [5.74, 6) is 2.13. The Balaban J connectivity index is 1.39. The van der Waals surface area contributed by atoms with Crippen molar-refractivity contribution in [3.05, 3.63) is 47.5 Å². The molecule has 29 heavy (non-hydrogen) atoms. The van der Waals surface area contributed by atoms with E-state index >= 15 is 0 Å². The number of esters is 1. The van der Waals surface area contributed by atoms with Gasteiger partial charge in [-0.2, -0.15) is 0 Å². The van der Waals surface area contributed by atoms with Crippen molar-refractivity contribution in [3.8, 4) is 23.0 Å². The number of hydrogen-bond acceptors (Lipinski definition) is 7. The Morgan fingerprint density at radius 2 is 1.41 bits per heavy atom. The van der Waals surface area contributed by atoms with Crippen LogP contribution in [0.1, 0.15) is 24.0 Å². The van der Waals surface area contributed by atoms with E-state index in [4.69, 9.17) is 23.7 Å². The van der Waals surface area contributed by atoms with E-state index in [1.165, 1.54) is 0 Å². The van der Waals surface area contributed by atoms with Crippen LogP contribution >= 0.6 is 0 Å². The van der Waals surface area contributed by atoms with Crippen LogP contribution in [-0.2, 0) is 27.4 Å². The molecule has 0 aliphatic carbocycles. The molecule has 1 fully saturated rings. The van der Waals surface area contributed by atoms with Gasteiger partial charge in [0, 0.05) is 25.9 Å². The van der Waals surface area contributed by atoms with Crippen LogP contribution in [0.15, 0.2) is 36.4 Å². The Morgan fingerprint density at radius 3 is 1.93 bits per heavy atom. The van der Waals surface area contributed by atoms with Crippen molar-refractivity contribution < 1.29 is 33.3 Å². The predicted molar refractivity (Wildman–Crippen MR) is 98.5 cm³/mol.